The molecule has 0 spiro atoms. The summed E-state index contributed by atoms with van der Waals surface area (Å²) in [5.41, 5.74) is 0.114. The van der Waals surface area contributed by atoms with Crippen molar-refractivity contribution < 1.29 is 8.42 Å². The number of hydrogen-bond acceptors (Lipinski definition) is 4. The van der Waals surface area contributed by atoms with Crippen molar-refractivity contribution in [1.82, 2.24) is 10.2 Å². The summed E-state index contributed by atoms with van der Waals surface area (Å²) in [6.45, 7) is 11.7. The van der Waals surface area contributed by atoms with Gasteiger partial charge in [-0.05, 0) is 32.7 Å². The second-order valence-electron chi connectivity index (χ2n) is 6.47. The van der Waals surface area contributed by atoms with Crippen LogP contribution in [-0.2, 0) is 9.84 Å². The van der Waals surface area contributed by atoms with Crippen LogP contribution in [0.3, 0.4) is 0 Å². The van der Waals surface area contributed by atoms with Gasteiger partial charge in [0.2, 0.25) is 0 Å². The van der Waals surface area contributed by atoms with Gasteiger partial charge in [0.1, 0.15) is 9.84 Å². The van der Waals surface area contributed by atoms with Gasteiger partial charge in [0.05, 0.1) is 5.75 Å². The van der Waals surface area contributed by atoms with Gasteiger partial charge in [0.25, 0.3) is 0 Å². The zero-order valence-corrected chi connectivity index (χ0v) is 13.2. The van der Waals surface area contributed by atoms with Gasteiger partial charge >= 0.3 is 0 Å². The first-order valence-electron chi connectivity index (χ1n) is 6.78. The minimum Gasteiger partial charge on any atom is -0.311 e. The second-order valence-corrected chi connectivity index (χ2v) is 8.73. The van der Waals surface area contributed by atoms with E-state index >= 15 is 0 Å². The normalized spacial score (nSPS) is 25.6. The summed E-state index contributed by atoms with van der Waals surface area (Å²) < 4.78 is 22.4. The molecule has 0 aromatic heterocycles. The highest BCUT2D eigenvalue weighted by atomic mass is 32.2. The number of nitrogens with one attached hydrogen (secondary N) is 1. The lowest BCUT2D eigenvalue weighted by Crippen LogP contribution is -2.63. The molecule has 5 heteroatoms. The van der Waals surface area contributed by atoms with Gasteiger partial charge < -0.3 is 5.32 Å². The predicted molar refractivity (Wildman–Crippen MR) is 76.6 cm³/mol. The second kappa shape index (κ2) is 5.88. The van der Waals surface area contributed by atoms with Crippen LogP contribution in [0.25, 0.3) is 0 Å². The Morgan fingerprint density at radius 1 is 1.39 bits per heavy atom. The monoisotopic (exact) mass is 276 g/mol. The van der Waals surface area contributed by atoms with Gasteiger partial charge in [-0.2, -0.15) is 0 Å². The molecule has 0 saturated carbocycles. The number of nitrogens with zero attached hydrogens (tertiary/aromatic N) is 1. The molecule has 1 aliphatic rings. The van der Waals surface area contributed by atoms with Crippen molar-refractivity contribution >= 4 is 9.84 Å². The summed E-state index contributed by atoms with van der Waals surface area (Å²) in [4.78, 5) is 2.43. The number of hydrogen-bond donors (Lipinski definition) is 1. The van der Waals surface area contributed by atoms with Crippen LogP contribution in [0.5, 0.6) is 0 Å². The maximum absolute atomic E-state index is 11.2. The van der Waals surface area contributed by atoms with Gasteiger partial charge in [0, 0.05) is 30.9 Å². The van der Waals surface area contributed by atoms with Gasteiger partial charge in [-0.15, -0.1) is 0 Å². The lowest BCUT2D eigenvalue weighted by atomic mass is 9.93. The average Bonchev–Trinajstić information content (AvgIpc) is 2.18. The van der Waals surface area contributed by atoms with E-state index in [2.05, 4.69) is 37.9 Å². The van der Waals surface area contributed by atoms with E-state index in [0.717, 1.165) is 26.1 Å². The van der Waals surface area contributed by atoms with Crippen LogP contribution in [0.4, 0.5) is 0 Å². The molecule has 1 unspecified atom stereocenters. The molecule has 0 aliphatic carbocycles. The highest BCUT2D eigenvalue weighted by Crippen LogP contribution is 2.21. The van der Waals surface area contributed by atoms with E-state index in [1.54, 1.807) is 0 Å². The van der Waals surface area contributed by atoms with Crippen LogP contribution in [0.1, 0.15) is 34.1 Å². The fourth-order valence-corrected chi connectivity index (χ4v) is 3.05. The van der Waals surface area contributed by atoms with Crippen LogP contribution >= 0.6 is 0 Å². The number of sulfone groups is 1. The van der Waals surface area contributed by atoms with Crippen LogP contribution < -0.4 is 5.32 Å². The molecule has 108 valence electrons. The largest absolute Gasteiger partial charge is 0.311 e. The molecule has 18 heavy (non-hydrogen) atoms. The Hall–Kier alpha value is -0.130. The minimum atomic E-state index is -2.83. The molecule has 1 rings (SSSR count). The first-order chi connectivity index (χ1) is 8.12. The number of rotatable bonds is 5. The summed E-state index contributed by atoms with van der Waals surface area (Å²) in [6.07, 6.45) is 2.04. The third kappa shape index (κ3) is 4.86. The molecule has 1 fully saturated rings. The summed E-state index contributed by atoms with van der Waals surface area (Å²) in [6, 6.07) is 0.510. The van der Waals surface area contributed by atoms with E-state index < -0.39 is 9.84 Å². The predicted octanol–water partition coefficient (Wildman–Crippen LogP) is 1.13. The SMILES string of the molecule is CC(C)C1CN(CCCS(C)(=O)=O)C(C)(C)CN1. The Kier molecular flexibility index (Phi) is 5.21. The summed E-state index contributed by atoms with van der Waals surface area (Å²) in [5, 5.41) is 3.59. The molecule has 0 aromatic rings. The molecule has 0 bridgehead atoms. The maximum Gasteiger partial charge on any atom is 0.147 e. The van der Waals surface area contributed by atoms with Crippen molar-refractivity contribution in [3.8, 4) is 0 Å². The highest BCUT2D eigenvalue weighted by Gasteiger charge is 2.34. The molecule has 1 atom stereocenters. The van der Waals surface area contributed by atoms with Crippen LogP contribution in [0.2, 0.25) is 0 Å². The fourth-order valence-electron chi connectivity index (χ4n) is 2.40. The highest BCUT2D eigenvalue weighted by molar-refractivity contribution is 7.90. The van der Waals surface area contributed by atoms with Gasteiger partial charge in [-0.25, -0.2) is 8.42 Å². The Morgan fingerprint density at radius 2 is 2.00 bits per heavy atom. The third-order valence-corrected chi connectivity index (χ3v) is 4.85. The zero-order chi connectivity index (χ0) is 14.0. The number of piperazine rings is 1. The van der Waals surface area contributed by atoms with Gasteiger partial charge in [-0.1, -0.05) is 13.8 Å². The van der Waals surface area contributed by atoms with E-state index in [-0.39, 0.29) is 5.54 Å². The van der Waals surface area contributed by atoms with Crippen molar-refractivity contribution in [2.45, 2.75) is 45.7 Å². The molecular weight excluding hydrogens is 248 g/mol. The Morgan fingerprint density at radius 3 is 2.50 bits per heavy atom. The van der Waals surface area contributed by atoms with Gasteiger partial charge in [0.15, 0.2) is 0 Å². The summed E-state index contributed by atoms with van der Waals surface area (Å²) in [7, 11) is -2.83. The van der Waals surface area contributed by atoms with Crippen molar-refractivity contribution in [2.24, 2.45) is 5.92 Å². The summed E-state index contributed by atoms with van der Waals surface area (Å²) in [5.74, 6) is 0.901. The smallest absolute Gasteiger partial charge is 0.147 e. The van der Waals surface area contributed by atoms with E-state index in [1.807, 2.05) is 0 Å². The lowest BCUT2D eigenvalue weighted by Gasteiger charge is -2.47. The van der Waals surface area contributed by atoms with Crippen molar-refractivity contribution in [2.75, 3.05) is 31.6 Å². The van der Waals surface area contributed by atoms with Crippen molar-refractivity contribution in [3.63, 3.8) is 0 Å². The molecule has 1 heterocycles. The topological polar surface area (TPSA) is 49.4 Å². The molecular formula is C13H28N2O2S. The Labute approximate surface area is 112 Å². The van der Waals surface area contributed by atoms with Gasteiger partial charge in [-0.3, -0.25) is 4.90 Å². The quantitative estimate of drug-likeness (QED) is 0.818. The van der Waals surface area contributed by atoms with E-state index in [9.17, 15) is 8.42 Å². The zero-order valence-electron chi connectivity index (χ0n) is 12.4. The molecule has 0 aromatic carbocycles. The molecule has 1 aliphatic heterocycles. The summed E-state index contributed by atoms with van der Waals surface area (Å²) >= 11 is 0. The Balaban J connectivity index is 2.54. The van der Waals surface area contributed by atoms with Crippen molar-refractivity contribution in [1.29, 1.82) is 0 Å². The minimum absolute atomic E-state index is 0.114. The van der Waals surface area contributed by atoms with E-state index in [1.165, 1.54) is 6.26 Å². The van der Waals surface area contributed by atoms with Crippen molar-refractivity contribution in [3.05, 3.63) is 0 Å². The van der Waals surface area contributed by atoms with Crippen LogP contribution in [-0.4, -0.2) is 56.5 Å². The first kappa shape index (κ1) is 15.9. The maximum atomic E-state index is 11.2. The fraction of sp³-hybridized carbons (Fsp3) is 1.00. The molecule has 1 N–H and O–H groups in total. The molecule has 1 saturated heterocycles. The molecule has 0 radical (unpaired) electrons. The standard InChI is InChI=1S/C13H28N2O2S/c1-11(2)12-9-15(13(3,4)10-14-12)7-6-8-18(5,16)17/h11-12,14H,6-10H2,1-5H3. The molecule has 0 amide bonds. The lowest BCUT2D eigenvalue weighted by molar-refractivity contribution is 0.0550. The molecule has 4 nitrogen and oxygen atoms in total. The van der Waals surface area contributed by atoms with E-state index in [0.29, 0.717) is 17.7 Å². The average molecular weight is 276 g/mol. The van der Waals surface area contributed by atoms with E-state index in [4.69, 9.17) is 0 Å². The Bertz CT molecular complexity index is 363. The van der Waals surface area contributed by atoms with Crippen LogP contribution in [0, 0.1) is 5.92 Å². The van der Waals surface area contributed by atoms with Crippen LogP contribution in [0.15, 0.2) is 0 Å². The first-order valence-corrected chi connectivity index (χ1v) is 8.84. The third-order valence-electron chi connectivity index (χ3n) is 3.82.